The third-order valence-corrected chi connectivity index (χ3v) is 5.22. The minimum Gasteiger partial charge on any atom is -0.324 e. The van der Waals surface area contributed by atoms with Crippen LogP contribution in [-0.4, -0.2) is 15.3 Å². The van der Waals surface area contributed by atoms with Gasteiger partial charge in [-0.15, -0.1) is 0 Å². The number of nitrogens with one attached hydrogen (secondary N) is 1. The van der Waals surface area contributed by atoms with Crippen LogP contribution in [0.4, 0.5) is 10.1 Å². The van der Waals surface area contributed by atoms with Gasteiger partial charge in [0, 0.05) is 24.7 Å². The van der Waals surface area contributed by atoms with Gasteiger partial charge in [-0.1, -0.05) is 42.5 Å². The van der Waals surface area contributed by atoms with Gasteiger partial charge < -0.3 is 9.72 Å². The second kappa shape index (κ2) is 7.87. The Labute approximate surface area is 169 Å². The molecule has 1 N–H and O–H groups in total. The van der Waals surface area contributed by atoms with Gasteiger partial charge in [0.1, 0.15) is 11.5 Å². The van der Waals surface area contributed by atoms with Gasteiger partial charge in [0.05, 0.1) is 11.4 Å². The fraction of sp³-hybridized carbons (Fsp3) is 0.167. The van der Waals surface area contributed by atoms with Crippen LogP contribution in [0.5, 0.6) is 0 Å². The second-order valence-corrected chi connectivity index (χ2v) is 7.21. The summed E-state index contributed by atoms with van der Waals surface area (Å²) >= 11 is 0. The number of para-hydroxylation sites is 1. The first-order valence-corrected chi connectivity index (χ1v) is 9.57. The molecule has 0 aliphatic heterocycles. The van der Waals surface area contributed by atoms with E-state index in [1.807, 2.05) is 67.0 Å². The molecule has 0 bridgehead atoms. The van der Waals surface area contributed by atoms with Gasteiger partial charge in [-0.3, -0.25) is 4.79 Å². The van der Waals surface area contributed by atoms with Crippen molar-refractivity contribution in [2.24, 2.45) is 0 Å². The number of fused-ring (bicyclic) bond motifs is 1. The molecule has 0 aliphatic rings. The summed E-state index contributed by atoms with van der Waals surface area (Å²) in [5.41, 5.74) is 5.21. The number of carbonyl (C=O) groups is 1. The molecule has 2 aromatic heterocycles. The number of rotatable bonds is 5. The van der Waals surface area contributed by atoms with Crippen molar-refractivity contribution in [3.63, 3.8) is 0 Å². The highest BCUT2D eigenvalue weighted by atomic mass is 19.1. The molecule has 5 heteroatoms. The molecular formula is C24H22FN3O. The molecule has 0 saturated carbocycles. The van der Waals surface area contributed by atoms with E-state index < -0.39 is 5.82 Å². The molecule has 0 spiro atoms. The lowest BCUT2D eigenvalue weighted by molar-refractivity contribution is -0.116. The van der Waals surface area contributed by atoms with Crippen LogP contribution in [-0.2, 0) is 4.79 Å². The zero-order chi connectivity index (χ0) is 20.4. The molecule has 1 unspecified atom stereocenters. The van der Waals surface area contributed by atoms with Gasteiger partial charge in [0.25, 0.3) is 0 Å². The topological polar surface area (TPSA) is 46.4 Å². The zero-order valence-electron chi connectivity index (χ0n) is 16.4. The van der Waals surface area contributed by atoms with Crippen molar-refractivity contribution in [3.05, 3.63) is 101 Å². The number of nitrogens with zero attached hydrogens (tertiary/aromatic N) is 2. The lowest BCUT2D eigenvalue weighted by atomic mass is 9.89. The minimum atomic E-state index is -0.446. The minimum absolute atomic E-state index is 0.181. The summed E-state index contributed by atoms with van der Waals surface area (Å²) in [6.45, 7) is 4.05. The number of imidazole rings is 1. The predicted octanol–water partition coefficient (Wildman–Crippen LogP) is 5.25. The van der Waals surface area contributed by atoms with Crippen molar-refractivity contribution >= 4 is 17.2 Å². The van der Waals surface area contributed by atoms with Gasteiger partial charge in [-0.05, 0) is 48.7 Å². The van der Waals surface area contributed by atoms with Gasteiger partial charge in [0.2, 0.25) is 5.91 Å². The van der Waals surface area contributed by atoms with Gasteiger partial charge in [-0.25, -0.2) is 9.37 Å². The highest BCUT2D eigenvalue weighted by molar-refractivity contribution is 5.91. The van der Waals surface area contributed by atoms with Gasteiger partial charge in [-0.2, -0.15) is 0 Å². The van der Waals surface area contributed by atoms with E-state index in [1.54, 1.807) is 18.2 Å². The summed E-state index contributed by atoms with van der Waals surface area (Å²) in [6, 6.07) is 18.2. The molecule has 2 aromatic carbocycles. The van der Waals surface area contributed by atoms with Crippen molar-refractivity contribution < 1.29 is 9.18 Å². The third-order valence-electron chi connectivity index (χ3n) is 5.22. The number of aryl methyl sites for hydroxylation is 2. The predicted molar refractivity (Wildman–Crippen MR) is 113 cm³/mol. The van der Waals surface area contributed by atoms with Crippen LogP contribution in [0.1, 0.15) is 34.7 Å². The first-order chi connectivity index (χ1) is 14.0. The van der Waals surface area contributed by atoms with E-state index >= 15 is 0 Å². The number of aromatic nitrogens is 2. The Kier molecular flexibility index (Phi) is 5.12. The van der Waals surface area contributed by atoms with E-state index in [9.17, 15) is 9.18 Å². The molecule has 2 heterocycles. The Balaban J connectivity index is 1.73. The first kappa shape index (κ1) is 18.9. The average Bonchev–Trinajstić information content (AvgIpc) is 3.14. The van der Waals surface area contributed by atoms with Crippen molar-refractivity contribution in [3.8, 4) is 0 Å². The lowest BCUT2D eigenvalue weighted by Crippen LogP contribution is -2.18. The number of halogens is 1. The van der Waals surface area contributed by atoms with Crippen LogP contribution >= 0.6 is 0 Å². The normalized spacial score (nSPS) is 12.1. The van der Waals surface area contributed by atoms with Crippen LogP contribution in [0, 0.1) is 19.7 Å². The quantitative estimate of drug-likeness (QED) is 0.508. The van der Waals surface area contributed by atoms with E-state index in [2.05, 4.69) is 10.3 Å². The highest BCUT2D eigenvalue weighted by Gasteiger charge is 2.24. The first-order valence-electron chi connectivity index (χ1n) is 9.57. The van der Waals surface area contributed by atoms with Crippen LogP contribution in [0.15, 0.2) is 73.1 Å². The Morgan fingerprint density at radius 1 is 1.03 bits per heavy atom. The highest BCUT2D eigenvalue weighted by Crippen LogP contribution is 2.32. The molecule has 4 aromatic rings. The van der Waals surface area contributed by atoms with Crippen LogP contribution in [0.3, 0.4) is 0 Å². The number of anilines is 1. The second-order valence-electron chi connectivity index (χ2n) is 7.21. The van der Waals surface area contributed by atoms with E-state index in [0.29, 0.717) is 0 Å². The van der Waals surface area contributed by atoms with Gasteiger partial charge in [0.15, 0.2) is 0 Å². The number of hydrogen-bond acceptors (Lipinski definition) is 2. The number of benzene rings is 2. The monoisotopic (exact) mass is 387 g/mol. The van der Waals surface area contributed by atoms with E-state index in [-0.39, 0.29) is 23.9 Å². The molecule has 0 aliphatic carbocycles. The largest absolute Gasteiger partial charge is 0.324 e. The number of hydrogen-bond donors (Lipinski definition) is 1. The maximum atomic E-state index is 14.0. The third kappa shape index (κ3) is 3.76. The lowest BCUT2D eigenvalue weighted by Gasteiger charge is -2.19. The zero-order valence-corrected chi connectivity index (χ0v) is 16.4. The average molecular weight is 387 g/mol. The Morgan fingerprint density at radius 3 is 2.55 bits per heavy atom. The molecule has 146 valence electrons. The van der Waals surface area contributed by atoms with Crippen molar-refractivity contribution in [1.82, 2.24) is 9.38 Å². The summed E-state index contributed by atoms with van der Waals surface area (Å²) < 4.78 is 16.0. The molecule has 1 amide bonds. The van der Waals surface area contributed by atoms with E-state index in [4.69, 9.17) is 0 Å². The Morgan fingerprint density at radius 2 is 1.76 bits per heavy atom. The number of pyridine rings is 1. The maximum Gasteiger partial charge on any atom is 0.225 e. The molecule has 1 atom stereocenters. The number of carbonyl (C=O) groups excluding carboxylic acids is 1. The Bertz CT molecular complexity index is 1180. The summed E-state index contributed by atoms with van der Waals surface area (Å²) in [5.74, 6) is -0.899. The SMILES string of the molecule is Cc1ccccc1C(CC(=O)Nc1ccccc1F)c1cnc2c(C)cccn12. The summed E-state index contributed by atoms with van der Waals surface area (Å²) in [5, 5.41) is 2.71. The van der Waals surface area contributed by atoms with Crippen LogP contribution < -0.4 is 5.32 Å². The fourth-order valence-electron chi connectivity index (χ4n) is 3.73. The molecule has 0 saturated heterocycles. The smallest absolute Gasteiger partial charge is 0.225 e. The molecule has 4 rings (SSSR count). The maximum absolute atomic E-state index is 14.0. The van der Waals surface area contributed by atoms with Crippen molar-refractivity contribution in [2.45, 2.75) is 26.2 Å². The van der Waals surface area contributed by atoms with Crippen molar-refractivity contribution in [1.29, 1.82) is 0 Å². The van der Waals surface area contributed by atoms with E-state index in [0.717, 1.165) is 28.0 Å². The summed E-state index contributed by atoms with van der Waals surface area (Å²) in [6.07, 6.45) is 3.97. The molecule has 0 radical (unpaired) electrons. The molecule has 0 fully saturated rings. The molecule has 29 heavy (non-hydrogen) atoms. The fourth-order valence-corrected chi connectivity index (χ4v) is 3.73. The summed E-state index contributed by atoms with van der Waals surface area (Å²) in [4.78, 5) is 17.4. The Hall–Kier alpha value is -3.47. The summed E-state index contributed by atoms with van der Waals surface area (Å²) in [7, 11) is 0. The van der Waals surface area contributed by atoms with Crippen molar-refractivity contribution in [2.75, 3.05) is 5.32 Å². The van der Waals surface area contributed by atoms with Gasteiger partial charge >= 0.3 is 0 Å². The van der Waals surface area contributed by atoms with E-state index in [1.165, 1.54) is 6.07 Å². The molecular weight excluding hydrogens is 365 g/mol. The number of amides is 1. The molecule has 4 nitrogen and oxygen atoms in total. The van der Waals surface area contributed by atoms with Crippen LogP contribution in [0.25, 0.3) is 5.65 Å². The standard InChI is InChI=1S/C24H22FN3O/c1-16-8-3-4-10-18(16)19(14-23(29)27-21-12-6-5-11-20(21)25)22-15-26-24-17(2)9-7-13-28(22)24/h3-13,15,19H,14H2,1-2H3,(H,27,29). The van der Waals surface area contributed by atoms with Crippen LogP contribution in [0.2, 0.25) is 0 Å².